The lowest BCUT2D eigenvalue weighted by Crippen LogP contribution is -2.24. The van der Waals surface area contributed by atoms with Crippen molar-refractivity contribution >= 4 is 5.97 Å². The highest BCUT2D eigenvalue weighted by Crippen LogP contribution is 2.56. The number of hydrogen-bond donors (Lipinski definition) is 2. The van der Waals surface area contributed by atoms with Crippen LogP contribution in [0, 0.1) is 11.8 Å². The highest BCUT2D eigenvalue weighted by atomic mass is 16.4. The van der Waals surface area contributed by atoms with Crippen LogP contribution in [0.25, 0.3) is 5.82 Å². The van der Waals surface area contributed by atoms with E-state index < -0.39 is 11.4 Å². The van der Waals surface area contributed by atoms with E-state index in [4.69, 9.17) is 5.73 Å². The first-order valence-electron chi connectivity index (χ1n) is 7.47. The molecular weight excluding hydrogens is 280 g/mol. The Morgan fingerprint density at radius 2 is 2.36 bits per heavy atom. The molecule has 3 N–H and O–H groups in total. The summed E-state index contributed by atoms with van der Waals surface area (Å²) in [6, 6.07) is 5.59. The number of pyridine rings is 1. The monoisotopic (exact) mass is 300 g/mol. The largest absolute Gasteiger partial charge is 0.481 e. The van der Waals surface area contributed by atoms with E-state index >= 15 is 0 Å². The average molecular weight is 300 g/mol. The van der Waals surface area contributed by atoms with Crippen LogP contribution in [0.5, 0.6) is 0 Å². The molecule has 2 aromatic heterocycles. The number of carboxylic acid groups (broad SMARTS) is 1. The normalized spacial score (nSPS) is 24.9. The van der Waals surface area contributed by atoms with E-state index in [0.717, 1.165) is 12.2 Å². The molecule has 3 unspecified atom stereocenters. The van der Waals surface area contributed by atoms with Crippen LogP contribution < -0.4 is 5.73 Å². The first-order chi connectivity index (χ1) is 10.6. The molecule has 1 saturated carbocycles. The van der Waals surface area contributed by atoms with Gasteiger partial charge < -0.3 is 10.8 Å². The highest BCUT2D eigenvalue weighted by molar-refractivity contribution is 5.85. The summed E-state index contributed by atoms with van der Waals surface area (Å²) in [7, 11) is 0. The van der Waals surface area contributed by atoms with Gasteiger partial charge in [-0.25, -0.2) is 9.97 Å². The van der Waals surface area contributed by atoms with Crippen LogP contribution in [0.4, 0.5) is 0 Å². The summed E-state index contributed by atoms with van der Waals surface area (Å²) < 4.78 is 1.77. The zero-order chi connectivity index (χ0) is 15.7. The van der Waals surface area contributed by atoms with Gasteiger partial charge in [-0.3, -0.25) is 9.36 Å². The maximum atomic E-state index is 11.8. The van der Waals surface area contributed by atoms with Crippen molar-refractivity contribution in [1.82, 2.24) is 14.5 Å². The van der Waals surface area contributed by atoms with Crippen LogP contribution in [0.1, 0.15) is 25.5 Å². The zero-order valence-corrected chi connectivity index (χ0v) is 12.5. The molecule has 0 amide bonds. The van der Waals surface area contributed by atoms with Gasteiger partial charge in [0.25, 0.3) is 0 Å². The van der Waals surface area contributed by atoms with Crippen molar-refractivity contribution in [3.05, 3.63) is 42.6 Å². The third-order valence-electron chi connectivity index (χ3n) is 4.53. The molecule has 3 rings (SSSR count). The molecule has 0 aliphatic heterocycles. The molecule has 22 heavy (non-hydrogen) atoms. The second-order valence-corrected chi connectivity index (χ2v) is 6.11. The Bertz CT molecular complexity index is 670. The lowest BCUT2D eigenvalue weighted by atomic mass is 9.94. The first-order valence-corrected chi connectivity index (χ1v) is 7.47. The summed E-state index contributed by atoms with van der Waals surface area (Å²) >= 11 is 0. The number of aromatic nitrogens is 3. The van der Waals surface area contributed by atoms with Crippen molar-refractivity contribution in [2.24, 2.45) is 17.6 Å². The second kappa shape index (κ2) is 5.53. The van der Waals surface area contributed by atoms with Crippen LogP contribution in [0.3, 0.4) is 0 Å². The minimum atomic E-state index is -0.858. The molecule has 1 aliphatic carbocycles. The second-order valence-electron chi connectivity index (χ2n) is 6.11. The summed E-state index contributed by atoms with van der Waals surface area (Å²) in [5.41, 5.74) is 5.41. The van der Waals surface area contributed by atoms with Crippen molar-refractivity contribution in [2.75, 3.05) is 6.54 Å². The fourth-order valence-electron chi connectivity index (χ4n) is 3.07. The Kier molecular flexibility index (Phi) is 3.70. The Balaban J connectivity index is 1.86. The molecule has 0 saturated heterocycles. The van der Waals surface area contributed by atoms with Gasteiger partial charge in [0.2, 0.25) is 0 Å². The van der Waals surface area contributed by atoms with Crippen LogP contribution >= 0.6 is 0 Å². The van der Waals surface area contributed by atoms with Crippen molar-refractivity contribution in [1.29, 1.82) is 0 Å². The van der Waals surface area contributed by atoms with Crippen molar-refractivity contribution in [3.8, 4) is 5.82 Å². The summed E-state index contributed by atoms with van der Waals surface area (Å²) in [5, 5.41) is 9.70. The summed E-state index contributed by atoms with van der Waals surface area (Å²) in [6.07, 6.45) is 6.56. The van der Waals surface area contributed by atoms with Crippen LogP contribution in [0.2, 0.25) is 0 Å². The minimum Gasteiger partial charge on any atom is -0.481 e. The first kappa shape index (κ1) is 14.7. The lowest BCUT2D eigenvalue weighted by Gasteiger charge is -2.12. The quantitative estimate of drug-likeness (QED) is 0.845. The van der Waals surface area contributed by atoms with Crippen molar-refractivity contribution in [3.63, 3.8) is 0 Å². The van der Waals surface area contributed by atoms with E-state index in [0.29, 0.717) is 24.6 Å². The van der Waals surface area contributed by atoms with Gasteiger partial charge in [-0.2, -0.15) is 0 Å². The molecule has 2 aromatic rings. The molecule has 2 heterocycles. The van der Waals surface area contributed by atoms with E-state index in [-0.39, 0.29) is 5.92 Å². The fourth-order valence-corrected chi connectivity index (χ4v) is 3.07. The average Bonchev–Trinajstić information content (AvgIpc) is 3.04. The SMILES string of the molecule is CC(CN)CC1CC1(C(=O)O)c1cn(-c2ccccn2)cn1. The van der Waals surface area contributed by atoms with Gasteiger partial charge in [-0.15, -0.1) is 0 Å². The number of imidazole rings is 1. The molecule has 3 atom stereocenters. The molecule has 1 fully saturated rings. The fraction of sp³-hybridized carbons (Fsp3) is 0.438. The van der Waals surface area contributed by atoms with E-state index in [1.54, 1.807) is 23.3 Å². The van der Waals surface area contributed by atoms with Gasteiger partial charge in [0, 0.05) is 12.4 Å². The van der Waals surface area contributed by atoms with Gasteiger partial charge in [-0.1, -0.05) is 13.0 Å². The summed E-state index contributed by atoms with van der Waals surface area (Å²) in [6.45, 7) is 2.63. The highest BCUT2D eigenvalue weighted by Gasteiger charge is 2.62. The predicted octanol–water partition coefficient (Wildman–Crippen LogP) is 1.59. The smallest absolute Gasteiger partial charge is 0.316 e. The number of rotatable bonds is 6. The van der Waals surface area contributed by atoms with E-state index in [1.165, 1.54) is 0 Å². The number of nitrogens with zero attached hydrogens (tertiary/aromatic N) is 3. The lowest BCUT2D eigenvalue weighted by molar-refractivity contribution is -0.140. The molecule has 1 aliphatic rings. The number of nitrogens with two attached hydrogens (primary N) is 1. The number of aliphatic carboxylic acids is 1. The minimum absolute atomic E-state index is 0.107. The van der Waals surface area contributed by atoms with Crippen LogP contribution in [0.15, 0.2) is 36.9 Å². The van der Waals surface area contributed by atoms with E-state index in [1.807, 2.05) is 18.2 Å². The van der Waals surface area contributed by atoms with Gasteiger partial charge in [0.15, 0.2) is 0 Å². The molecule has 0 aromatic carbocycles. The molecule has 0 bridgehead atoms. The van der Waals surface area contributed by atoms with Crippen molar-refractivity contribution in [2.45, 2.75) is 25.2 Å². The maximum absolute atomic E-state index is 11.8. The Morgan fingerprint density at radius 3 is 3.00 bits per heavy atom. The molecule has 0 radical (unpaired) electrons. The standard InChI is InChI=1S/C16H20N4O2/c1-11(8-17)6-12-7-16(12,15(21)22)13-9-20(10-19-13)14-4-2-3-5-18-14/h2-5,9-12H,6-8,17H2,1H3,(H,21,22). The molecule has 0 spiro atoms. The zero-order valence-electron chi connectivity index (χ0n) is 12.5. The van der Waals surface area contributed by atoms with E-state index in [9.17, 15) is 9.90 Å². The molecule has 116 valence electrons. The summed E-state index contributed by atoms with van der Waals surface area (Å²) in [4.78, 5) is 20.4. The third-order valence-corrected chi connectivity index (χ3v) is 4.53. The molecule has 6 nitrogen and oxygen atoms in total. The van der Waals surface area contributed by atoms with E-state index in [2.05, 4.69) is 16.9 Å². The Hall–Kier alpha value is -2.21. The third kappa shape index (κ3) is 2.39. The van der Waals surface area contributed by atoms with Gasteiger partial charge in [0.1, 0.15) is 17.6 Å². The van der Waals surface area contributed by atoms with Crippen molar-refractivity contribution < 1.29 is 9.90 Å². The molecule has 6 heteroatoms. The number of carbonyl (C=O) groups is 1. The Labute approximate surface area is 129 Å². The van der Waals surface area contributed by atoms with Gasteiger partial charge in [0.05, 0.1) is 5.69 Å². The number of carboxylic acids is 1. The Morgan fingerprint density at radius 1 is 1.55 bits per heavy atom. The van der Waals surface area contributed by atoms with Crippen LogP contribution in [-0.4, -0.2) is 32.2 Å². The van der Waals surface area contributed by atoms with Gasteiger partial charge >= 0.3 is 5.97 Å². The number of hydrogen-bond acceptors (Lipinski definition) is 4. The summed E-state index contributed by atoms with van der Waals surface area (Å²) in [5.74, 6) is 0.363. The molecular formula is C16H20N4O2. The van der Waals surface area contributed by atoms with Crippen LogP contribution in [-0.2, 0) is 10.2 Å². The predicted molar refractivity (Wildman–Crippen MR) is 81.6 cm³/mol. The van der Waals surface area contributed by atoms with Gasteiger partial charge in [-0.05, 0) is 43.4 Å². The maximum Gasteiger partial charge on any atom is 0.316 e. The topological polar surface area (TPSA) is 94.0 Å².